The minimum atomic E-state index is -0.154. The van der Waals surface area contributed by atoms with Crippen molar-refractivity contribution in [3.05, 3.63) is 101 Å². The van der Waals surface area contributed by atoms with Crippen LogP contribution in [0.1, 0.15) is 40.3 Å². The smallest absolute Gasteiger partial charge is 0.174 e. The fourth-order valence-corrected chi connectivity index (χ4v) is 5.43. The van der Waals surface area contributed by atoms with E-state index in [9.17, 15) is 0 Å². The van der Waals surface area contributed by atoms with E-state index >= 15 is 0 Å². The fraction of sp³-hybridized carbons (Fsp3) is 0.241. The first-order chi connectivity index (χ1) is 17.4. The topological polar surface area (TPSA) is 51.6 Å². The molecule has 1 fully saturated rings. The number of rotatable bonds is 6. The Bertz CT molecular complexity index is 1400. The average Bonchev–Trinajstić information content (AvgIpc) is 3.39. The van der Waals surface area contributed by atoms with Gasteiger partial charge in [-0.1, -0.05) is 23.8 Å². The van der Waals surface area contributed by atoms with E-state index in [0.29, 0.717) is 5.11 Å². The molecule has 0 saturated carbocycles. The van der Waals surface area contributed by atoms with Crippen LogP contribution in [0.2, 0.25) is 0 Å². The number of ether oxygens (including phenoxy) is 2. The van der Waals surface area contributed by atoms with Crippen LogP contribution in [-0.4, -0.2) is 28.9 Å². The first-order valence-corrected chi connectivity index (χ1v) is 12.3. The molecule has 2 aromatic heterocycles. The highest BCUT2D eigenvalue weighted by Gasteiger charge is 2.43. The number of nitrogens with zero attached hydrogens (tertiary/aromatic N) is 3. The second-order valence-corrected chi connectivity index (χ2v) is 9.42. The normalized spacial score (nSPS) is 17.2. The van der Waals surface area contributed by atoms with Gasteiger partial charge in [0.05, 0.1) is 37.7 Å². The van der Waals surface area contributed by atoms with Crippen LogP contribution in [0.25, 0.3) is 5.69 Å². The Morgan fingerprint density at radius 3 is 2.36 bits per heavy atom. The van der Waals surface area contributed by atoms with E-state index in [1.807, 2.05) is 42.6 Å². The Morgan fingerprint density at radius 1 is 0.917 bits per heavy atom. The molecule has 7 heteroatoms. The SMILES string of the molecule is COc1ccc(OC)c(N2C(=S)N[C@H](c3ccccn3)[C@@H]2c2cc(C)n(-c3ccc(C)cc3)c2C)c1. The number of aryl methyl sites for hydroxylation is 2. The molecule has 1 aliphatic rings. The van der Waals surface area contributed by atoms with E-state index in [-0.39, 0.29) is 12.1 Å². The lowest BCUT2D eigenvalue weighted by atomic mass is 9.96. The highest BCUT2D eigenvalue weighted by atomic mass is 32.1. The van der Waals surface area contributed by atoms with Crippen LogP contribution in [0.15, 0.2) is 72.9 Å². The number of aromatic nitrogens is 2. The highest BCUT2D eigenvalue weighted by Crippen LogP contribution is 2.47. The van der Waals surface area contributed by atoms with Gasteiger partial charge in [-0.15, -0.1) is 0 Å². The summed E-state index contributed by atoms with van der Waals surface area (Å²) in [5.41, 5.74) is 7.61. The van der Waals surface area contributed by atoms with Crippen LogP contribution in [0.3, 0.4) is 0 Å². The van der Waals surface area contributed by atoms with Gasteiger partial charge in [0.2, 0.25) is 0 Å². The summed E-state index contributed by atoms with van der Waals surface area (Å²) in [7, 11) is 3.34. The van der Waals surface area contributed by atoms with Crippen LogP contribution in [0, 0.1) is 20.8 Å². The number of thiocarbonyl (C=S) groups is 1. The number of methoxy groups -OCH3 is 2. The van der Waals surface area contributed by atoms with E-state index in [1.54, 1.807) is 14.2 Å². The third kappa shape index (κ3) is 4.09. The molecule has 6 nitrogen and oxygen atoms in total. The van der Waals surface area contributed by atoms with Crippen molar-refractivity contribution in [2.75, 3.05) is 19.1 Å². The lowest BCUT2D eigenvalue weighted by Gasteiger charge is -2.29. The highest BCUT2D eigenvalue weighted by molar-refractivity contribution is 7.80. The van der Waals surface area contributed by atoms with E-state index < -0.39 is 0 Å². The van der Waals surface area contributed by atoms with Crippen molar-refractivity contribution in [1.29, 1.82) is 0 Å². The van der Waals surface area contributed by atoms with Crippen LogP contribution < -0.4 is 19.7 Å². The zero-order valence-electron chi connectivity index (χ0n) is 21.1. The predicted molar refractivity (Wildman–Crippen MR) is 147 cm³/mol. The van der Waals surface area contributed by atoms with Crippen LogP contribution in [0.5, 0.6) is 11.5 Å². The number of benzene rings is 2. The standard InChI is InChI=1S/C29H30N4O2S/c1-18-9-11-21(12-10-18)32-19(2)16-23(20(32)3)28-27(24-8-6-7-15-30-24)31-29(36)33(28)25-17-22(34-4)13-14-26(25)35-5/h6-17,27-28H,1-5H3,(H,31,36)/t27-,28+/m1/s1. The Morgan fingerprint density at radius 2 is 1.69 bits per heavy atom. The summed E-state index contributed by atoms with van der Waals surface area (Å²) in [5.74, 6) is 1.46. The predicted octanol–water partition coefficient (Wildman–Crippen LogP) is 5.99. The van der Waals surface area contributed by atoms with Crippen molar-refractivity contribution in [2.45, 2.75) is 32.9 Å². The van der Waals surface area contributed by atoms with Gasteiger partial charge in [0.25, 0.3) is 0 Å². The molecule has 0 aliphatic carbocycles. The maximum atomic E-state index is 5.94. The molecule has 0 amide bonds. The van der Waals surface area contributed by atoms with Gasteiger partial charge in [0.15, 0.2) is 5.11 Å². The average molecular weight is 499 g/mol. The lowest BCUT2D eigenvalue weighted by molar-refractivity contribution is 0.403. The minimum Gasteiger partial charge on any atom is -0.497 e. The molecule has 5 rings (SSSR count). The first kappa shape index (κ1) is 23.9. The molecule has 0 unspecified atom stereocenters. The minimum absolute atomic E-state index is 0.151. The summed E-state index contributed by atoms with van der Waals surface area (Å²) < 4.78 is 13.6. The molecule has 184 valence electrons. The Labute approximate surface area is 217 Å². The lowest BCUT2D eigenvalue weighted by Crippen LogP contribution is -2.30. The van der Waals surface area contributed by atoms with E-state index in [4.69, 9.17) is 26.7 Å². The summed E-state index contributed by atoms with van der Waals surface area (Å²) >= 11 is 5.94. The van der Waals surface area contributed by atoms with Gasteiger partial charge in [0, 0.05) is 29.3 Å². The van der Waals surface area contributed by atoms with Crippen molar-refractivity contribution in [3.8, 4) is 17.2 Å². The Hall–Kier alpha value is -3.84. The fourth-order valence-electron chi connectivity index (χ4n) is 5.09. The van der Waals surface area contributed by atoms with Crippen LogP contribution >= 0.6 is 12.2 Å². The molecular weight excluding hydrogens is 468 g/mol. The zero-order chi connectivity index (χ0) is 25.4. The Balaban J connectivity index is 1.71. The summed E-state index contributed by atoms with van der Waals surface area (Å²) in [6, 6.07) is 22.3. The van der Waals surface area contributed by atoms with Gasteiger partial charge < -0.3 is 24.3 Å². The van der Waals surface area contributed by atoms with E-state index in [1.165, 1.54) is 11.1 Å². The second kappa shape index (κ2) is 9.66. The van der Waals surface area contributed by atoms with Crippen molar-refractivity contribution in [3.63, 3.8) is 0 Å². The first-order valence-electron chi connectivity index (χ1n) is 11.9. The summed E-state index contributed by atoms with van der Waals surface area (Å²) in [6.45, 7) is 6.41. The van der Waals surface area contributed by atoms with Gasteiger partial charge in [-0.25, -0.2) is 0 Å². The van der Waals surface area contributed by atoms with Gasteiger partial charge in [-0.2, -0.15) is 0 Å². The maximum absolute atomic E-state index is 5.94. The largest absolute Gasteiger partial charge is 0.497 e. The molecule has 36 heavy (non-hydrogen) atoms. The van der Waals surface area contributed by atoms with Crippen LogP contribution in [-0.2, 0) is 0 Å². The van der Waals surface area contributed by atoms with E-state index in [0.717, 1.165) is 40.0 Å². The molecule has 2 atom stereocenters. The van der Waals surface area contributed by atoms with Crippen molar-refractivity contribution < 1.29 is 9.47 Å². The summed E-state index contributed by atoms with van der Waals surface area (Å²) in [4.78, 5) is 6.83. The number of nitrogens with one attached hydrogen (secondary N) is 1. The van der Waals surface area contributed by atoms with E-state index in [2.05, 4.69) is 65.9 Å². The number of hydrogen-bond donors (Lipinski definition) is 1. The maximum Gasteiger partial charge on any atom is 0.174 e. The summed E-state index contributed by atoms with van der Waals surface area (Å²) in [5, 5.41) is 4.16. The quantitative estimate of drug-likeness (QED) is 0.330. The number of pyridine rings is 1. The second-order valence-electron chi connectivity index (χ2n) is 9.03. The van der Waals surface area contributed by atoms with Gasteiger partial charge in [-0.3, -0.25) is 4.98 Å². The van der Waals surface area contributed by atoms with Gasteiger partial charge in [-0.05, 0) is 81.0 Å². The van der Waals surface area contributed by atoms with Gasteiger partial charge in [0.1, 0.15) is 11.5 Å². The number of anilines is 1. The molecular formula is C29H30N4O2S. The molecule has 3 heterocycles. The molecule has 0 bridgehead atoms. The molecule has 0 spiro atoms. The van der Waals surface area contributed by atoms with Crippen molar-refractivity contribution >= 4 is 23.0 Å². The van der Waals surface area contributed by atoms with Crippen molar-refractivity contribution in [2.24, 2.45) is 0 Å². The molecule has 1 saturated heterocycles. The third-order valence-electron chi connectivity index (χ3n) is 6.82. The summed E-state index contributed by atoms with van der Waals surface area (Å²) in [6.07, 6.45) is 1.82. The Kier molecular flexibility index (Phi) is 6.41. The molecule has 1 aliphatic heterocycles. The van der Waals surface area contributed by atoms with Crippen LogP contribution in [0.4, 0.5) is 5.69 Å². The molecule has 1 N–H and O–H groups in total. The van der Waals surface area contributed by atoms with Crippen molar-refractivity contribution in [1.82, 2.24) is 14.9 Å². The molecule has 4 aromatic rings. The monoisotopic (exact) mass is 498 g/mol. The number of hydrogen-bond acceptors (Lipinski definition) is 4. The zero-order valence-corrected chi connectivity index (χ0v) is 22.0. The molecule has 0 radical (unpaired) electrons. The molecule has 2 aromatic carbocycles. The third-order valence-corrected chi connectivity index (χ3v) is 7.14. The van der Waals surface area contributed by atoms with Gasteiger partial charge >= 0.3 is 0 Å².